The summed E-state index contributed by atoms with van der Waals surface area (Å²) < 4.78 is 2.05. The summed E-state index contributed by atoms with van der Waals surface area (Å²) in [5.41, 5.74) is 7.64. The Labute approximate surface area is 95.1 Å². The first-order valence-corrected chi connectivity index (χ1v) is 5.35. The summed E-state index contributed by atoms with van der Waals surface area (Å²) in [5.74, 6) is 0.989. The highest BCUT2D eigenvalue weighted by molar-refractivity contribution is 5.49. The summed E-state index contributed by atoms with van der Waals surface area (Å²) in [7, 11) is 0. The maximum Gasteiger partial charge on any atom is 0.110 e. The van der Waals surface area contributed by atoms with Crippen molar-refractivity contribution in [2.24, 2.45) is 5.73 Å². The molecule has 0 saturated heterocycles. The van der Waals surface area contributed by atoms with Gasteiger partial charge in [0.15, 0.2) is 0 Å². The van der Waals surface area contributed by atoms with E-state index in [2.05, 4.69) is 22.4 Å². The fourth-order valence-electron chi connectivity index (χ4n) is 1.61. The summed E-state index contributed by atoms with van der Waals surface area (Å²) in [5, 5.41) is 3.23. The minimum absolute atomic E-state index is 0.641. The average molecular weight is 216 g/mol. The van der Waals surface area contributed by atoms with Gasteiger partial charge >= 0.3 is 0 Å². The summed E-state index contributed by atoms with van der Waals surface area (Å²) in [4.78, 5) is 4.20. The van der Waals surface area contributed by atoms with Crippen molar-refractivity contribution in [1.29, 1.82) is 0 Å². The lowest BCUT2D eigenvalue weighted by Crippen LogP contribution is -2.12. The van der Waals surface area contributed by atoms with E-state index < -0.39 is 0 Å². The van der Waals surface area contributed by atoms with Crippen molar-refractivity contribution in [3.63, 3.8) is 0 Å². The number of hydrogen-bond donors (Lipinski definition) is 2. The number of hydrogen-bond acceptors (Lipinski definition) is 3. The van der Waals surface area contributed by atoms with Crippen molar-refractivity contribution in [3.05, 3.63) is 42.5 Å². The number of aryl methyl sites for hydroxylation is 1. The number of imidazole rings is 1. The molecule has 0 spiro atoms. The third-order valence-corrected chi connectivity index (χ3v) is 2.44. The minimum Gasteiger partial charge on any atom is -0.384 e. The number of nitrogens with zero attached hydrogens (tertiary/aromatic N) is 2. The molecule has 0 aliphatic carbocycles. The van der Waals surface area contributed by atoms with E-state index in [0.29, 0.717) is 6.54 Å². The number of benzene rings is 1. The van der Waals surface area contributed by atoms with Crippen LogP contribution in [0.2, 0.25) is 0 Å². The Bertz CT molecular complexity index is 444. The van der Waals surface area contributed by atoms with Crippen molar-refractivity contribution < 1.29 is 0 Å². The van der Waals surface area contributed by atoms with Crippen LogP contribution < -0.4 is 11.1 Å². The molecule has 0 atom stereocenters. The highest BCUT2D eigenvalue weighted by atomic mass is 15.1. The van der Waals surface area contributed by atoms with Crippen LogP contribution in [0.25, 0.3) is 5.69 Å². The molecule has 2 aromatic rings. The van der Waals surface area contributed by atoms with Gasteiger partial charge in [-0.1, -0.05) is 0 Å². The van der Waals surface area contributed by atoms with Gasteiger partial charge in [-0.3, -0.25) is 0 Å². The SMILES string of the molecule is Cc1nccn1-c1ccc(NCCN)cc1. The van der Waals surface area contributed by atoms with E-state index >= 15 is 0 Å². The monoisotopic (exact) mass is 216 g/mol. The molecule has 0 saturated carbocycles. The van der Waals surface area contributed by atoms with Gasteiger partial charge in [-0.2, -0.15) is 0 Å². The molecule has 0 unspecified atom stereocenters. The number of rotatable bonds is 4. The zero-order valence-corrected chi connectivity index (χ0v) is 9.35. The van der Waals surface area contributed by atoms with E-state index in [1.165, 1.54) is 0 Å². The highest BCUT2D eigenvalue weighted by Gasteiger charge is 1.99. The Morgan fingerprint density at radius 1 is 1.31 bits per heavy atom. The van der Waals surface area contributed by atoms with Gasteiger partial charge < -0.3 is 15.6 Å². The lowest BCUT2D eigenvalue weighted by atomic mass is 10.2. The fraction of sp³-hybridized carbons (Fsp3) is 0.250. The molecule has 1 aromatic carbocycles. The second-order valence-corrected chi connectivity index (χ2v) is 3.61. The summed E-state index contributed by atoms with van der Waals surface area (Å²) in [6, 6.07) is 8.22. The van der Waals surface area contributed by atoms with Crippen molar-refractivity contribution >= 4 is 5.69 Å². The molecule has 0 bridgehead atoms. The maximum absolute atomic E-state index is 5.43. The van der Waals surface area contributed by atoms with Crippen molar-refractivity contribution in [2.45, 2.75) is 6.92 Å². The Balaban J connectivity index is 2.16. The first kappa shape index (κ1) is 10.7. The van der Waals surface area contributed by atoms with E-state index in [0.717, 1.165) is 23.7 Å². The molecule has 84 valence electrons. The van der Waals surface area contributed by atoms with E-state index in [4.69, 9.17) is 5.73 Å². The van der Waals surface area contributed by atoms with Crippen LogP contribution in [0, 0.1) is 6.92 Å². The van der Waals surface area contributed by atoms with Crippen LogP contribution in [0.5, 0.6) is 0 Å². The molecule has 0 radical (unpaired) electrons. The van der Waals surface area contributed by atoms with Gasteiger partial charge in [0.2, 0.25) is 0 Å². The molecule has 16 heavy (non-hydrogen) atoms. The number of anilines is 1. The van der Waals surface area contributed by atoms with Crippen molar-refractivity contribution in [2.75, 3.05) is 18.4 Å². The standard InChI is InChI=1S/C12H16N4/c1-10-14-8-9-16(10)12-4-2-11(3-5-12)15-7-6-13/h2-5,8-9,15H,6-7,13H2,1H3. The van der Waals surface area contributed by atoms with Gasteiger partial charge in [0, 0.05) is 36.9 Å². The van der Waals surface area contributed by atoms with Gasteiger partial charge in [0.1, 0.15) is 5.82 Å². The minimum atomic E-state index is 0.641. The smallest absolute Gasteiger partial charge is 0.110 e. The van der Waals surface area contributed by atoms with Crippen LogP contribution in [0.15, 0.2) is 36.7 Å². The quantitative estimate of drug-likeness (QED) is 0.815. The van der Waals surface area contributed by atoms with Gasteiger partial charge in [0.25, 0.3) is 0 Å². The van der Waals surface area contributed by atoms with E-state index in [1.807, 2.05) is 29.8 Å². The molecule has 2 rings (SSSR count). The van der Waals surface area contributed by atoms with Crippen molar-refractivity contribution in [1.82, 2.24) is 9.55 Å². The summed E-state index contributed by atoms with van der Waals surface area (Å²) >= 11 is 0. The third kappa shape index (κ3) is 2.23. The molecule has 4 heteroatoms. The zero-order valence-electron chi connectivity index (χ0n) is 9.35. The average Bonchev–Trinajstić information content (AvgIpc) is 2.74. The first-order chi connectivity index (χ1) is 7.81. The molecule has 0 aliphatic rings. The van der Waals surface area contributed by atoms with Crippen LogP contribution in [-0.2, 0) is 0 Å². The molecular weight excluding hydrogens is 200 g/mol. The molecule has 0 amide bonds. The molecular formula is C12H16N4. The molecule has 1 heterocycles. The number of aromatic nitrogens is 2. The van der Waals surface area contributed by atoms with Crippen LogP contribution in [-0.4, -0.2) is 22.6 Å². The van der Waals surface area contributed by atoms with E-state index in [-0.39, 0.29) is 0 Å². The van der Waals surface area contributed by atoms with Crippen LogP contribution in [0.1, 0.15) is 5.82 Å². The predicted molar refractivity (Wildman–Crippen MR) is 65.8 cm³/mol. The largest absolute Gasteiger partial charge is 0.384 e. The van der Waals surface area contributed by atoms with Crippen LogP contribution in [0.3, 0.4) is 0 Å². The zero-order chi connectivity index (χ0) is 11.4. The lowest BCUT2D eigenvalue weighted by Gasteiger charge is -2.07. The van der Waals surface area contributed by atoms with Crippen LogP contribution >= 0.6 is 0 Å². The number of nitrogens with two attached hydrogens (primary N) is 1. The molecule has 4 nitrogen and oxygen atoms in total. The Hall–Kier alpha value is -1.81. The molecule has 3 N–H and O–H groups in total. The molecule has 1 aromatic heterocycles. The normalized spacial score (nSPS) is 10.4. The van der Waals surface area contributed by atoms with Gasteiger partial charge in [-0.25, -0.2) is 4.98 Å². The summed E-state index contributed by atoms with van der Waals surface area (Å²) in [6.45, 7) is 3.42. The Morgan fingerprint density at radius 2 is 2.06 bits per heavy atom. The van der Waals surface area contributed by atoms with Gasteiger partial charge in [-0.15, -0.1) is 0 Å². The topological polar surface area (TPSA) is 55.9 Å². The second-order valence-electron chi connectivity index (χ2n) is 3.61. The Morgan fingerprint density at radius 3 is 2.62 bits per heavy atom. The molecule has 0 fully saturated rings. The van der Waals surface area contributed by atoms with Gasteiger partial charge in [-0.05, 0) is 31.2 Å². The lowest BCUT2D eigenvalue weighted by molar-refractivity contribution is 0.974. The maximum atomic E-state index is 5.43. The summed E-state index contributed by atoms with van der Waals surface area (Å²) in [6.07, 6.45) is 3.76. The number of nitrogens with one attached hydrogen (secondary N) is 1. The molecule has 0 aliphatic heterocycles. The second kappa shape index (κ2) is 4.81. The van der Waals surface area contributed by atoms with Crippen LogP contribution in [0.4, 0.5) is 5.69 Å². The van der Waals surface area contributed by atoms with E-state index in [9.17, 15) is 0 Å². The van der Waals surface area contributed by atoms with E-state index in [1.54, 1.807) is 6.20 Å². The fourth-order valence-corrected chi connectivity index (χ4v) is 1.61. The predicted octanol–water partition coefficient (Wildman–Crippen LogP) is 1.55. The highest BCUT2D eigenvalue weighted by Crippen LogP contribution is 2.14. The Kier molecular flexibility index (Phi) is 3.22. The van der Waals surface area contributed by atoms with Crippen molar-refractivity contribution in [3.8, 4) is 5.69 Å². The third-order valence-electron chi connectivity index (χ3n) is 2.44. The first-order valence-electron chi connectivity index (χ1n) is 5.35. The van der Waals surface area contributed by atoms with Gasteiger partial charge in [0.05, 0.1) is 0 Å².